The van der Waals surface area contributed by atoms with Crippen molar-refractivity contribution in [1.29, 1.82) is 0 Å². The monoisotopic (exact) mass is 290 g/mol. The maximum atomic E-state index is 11.5. The molecule has 2 heterocycles. The van der Waals surface area contributed by atoms with E-state index in [1.165, 1.54) is 6.07 Å². The number of aliphatic hydroxyl groups is 1. The van der Waals surface area contributed by atoms with Crippen molar-refractivity contribution in [1.82, 2.24) is 0 Å². The predicted molar refractivity (Wildman–Crippen MR) is 77.7 cm³/mol. The molecule has 0 bridgehead atoms. The summed E-state index contributed by atoms with van der Waals surface area (Å²) in [5.41, 5.74) is 0.837. The van der Waals surface area contributed by atoms with Gasteiger partial charge < -0.3 is 19.0 Å². The molecule has 112 valence electrons. The third-order valence-corrected chi connectivity index (χ3v) is 3.88. The standard InChI is InChI=1S/C16H18O5/c1-2-11-5-15(18)21-14-6-12(3-4-13(11)14)20-10-16(7-17)8-19-9-16/h3-6,17H,2,7-10H2,1H3. The molecule has 2 aromatic rings. The Morgan fingerprint density at radius 3 is 2.76 bits per heavy atom. The van der Waals surface area contributed by atoms with Crippen LogP contribution < -0.4 is 10.4 Å². The molecule has 5 heteroatoms. The molecule has 0 aliphatic carbocycles. The smallest absolute Gasteiger partial charge is 0.336 e. The zero-order valence-corrected chi connectivity index (χ0v) is 11.9. The van der Waals surface area contributed by atoms with Gasteiger partial charge in [-0.15, -0.1) is 0 Å². The molecule has 1 aliphatic heterocycles. The number of fused-ring (bicyclic) bond motifs is 1. The number of hydrogen-bond donors (Lipinski definition) is 1. The van der Waals surface area contributed by atoms with Crippen LogP contribution in [0.25, 0.3) is 11.0 Å². The van der Waals surface area contributed by atoms with Crippen molar-refractivity contribution in [2.45, 2.75) is 13.3 Å². The van der Waals surface area contributed by atoms with Gasteiger partial charge in [0, 0.05) is 17.5 Å². The summed E-state index contributed by atoms with van der Waals surface area (Å²) >= 11 is 0. The molecular weight excluding hydrogens is 272 g/mol. The van der Waals surface area contributed by atoms with Gasteiger partial charge in [-0.1, -0.05) is 6.92 Å². The Kier molecular flexibility index (Phi) is 3.69. The van der Waals surface area contributed by atoms with Gasteiger partial charge in [-0.05, 0) is 24.1 Å². The van der Waals surface area contributed by atoms with E-state index in [2.05, 4.69) is 0 Å². The fourth-order valence-electron chi connectivity index (χ4n) is 2.44. The van der Waals surface area contributed by atoms with E-state index in [1.54, 1.807) is 6.07 Å². The number of aliphatic hydroxyl groups excluding tert-OH is 1. The van der Waals surface area contributed by atoms with Crippen molar-refractivity contribution in [2.75, 3.05) is 26.4 Å². The van der Waals surface area contributed by atoms with Crippen LogP contribution in [0.1, 0.15) is 12.5 Å². The van der Waals surface area contributed by atoms with E-state index in [0.717, 1.165) is 17.4 Å². The third-order valence-electron chi connectivity index (χ3n) is 3.88. The summed E-state index contributed by atoms with van der Waals surface area (Å²) < 4.78 is 16.1. The molecule has 0 unspecified atom stereocenters. The van der Waals surface area contributed by atoms with E-state index in [4.69, 9.17) is 13.9 Å². The van der Waals surface area contributed by atoms with Crippen LogP contribution >= 0.6 is 0 Å². The molecule has 3 rings (SSSR count). The Morgan fingerprint density at radius 1 is 1.33 bits per heavy atom. The van der Waals surface area contributed by atoms with Crippen LogP contribution in [0.4, 0.5) is 0 Å². The average molecular weight is 290 g/mol. The second-order valence-corrected chi connectivity index (χ2v) is 5.54. The second kappa shape index (κ2) is 5.50. The topological polar surface area (TPSA) is 68.9 Å². The normalized spacial score (nSPS) is 16.7. The zero-order chi connectivity index (χ0) is 14.9. The minimum Gasteiger partial charge on any atom is -0.493 e. The van der Waals surface area contributed by atoms with Gasteiger partial charge in [0.05, 0.1) is 25.2 Å². The minimum atomic E-state index is -0.351. The summed E-state index contributed by atoms with van der Waals surface area (Å²) in [6.07, 6.45) is 0.771. The average Bonchev–Trinajstić information content (AvgIpc) is 2.45. The summed E-state index contributed by atoms with van der Waals surface area (Å²) in [7, 11) is 0. The van der Waals surface area contributed by atoms with Crippen LogP contribution in [0.3, 0.4) is 0 Å². The molecule has 0 spiro atoms. The van der Waals surface area contributed by atoms with Crippen LogP contribution in [0.2, 0.25) is 0 Å². The van der Waals surface area contributed by atoms with Crippen LogP contribution in [-0.2, 0) is 11.2 Å². The van der Waals surface area contributed by atoms with Gasteiger partial charge in [0.2, 0.25) is 0 Å². The predicted octanol–water partition coefficient (Wildman–Crippen LogP) is 1.74. The van der Waals surface area contributed by atoms with Gasteiger partial charge in [0.1, 0.15) is 17.9 Å². The van der Waals surface area contributed by atoms with Crippen LogP contribution in [-0.4, -0.2) is 31.5 Å². The summed E-state index contributed by atoms with van der Waals surface area (Å²) in [6, 6.07) is 7.00. The summed E-state index contributed by atoms with van der Waals surface area (Å²) in [5.74, 6) is 0.624. The lowest BCUT2D eigenvalue weighted by molar-refractivity contribution is -0.153. The van der Waals surface area contributed by atoms with E-state index >= 15 is 0 Å². The maximum absolute atomic E-state index is 11.5. The Hall–Kier alpha value is -1.85. The number of aryl methyl sites for hydroxylation is 1. The zero-order valence-electron chi connectivity index (χ0n) is 11.9. The Balaban J connectivity index is 1.85. The number of benzene rings is 1. The lowest BCUT2D eigenvalue weighted by Gasteiger charge is -2.39. The van der Waals surface area contributed by atoms with E-state index in [1.807, 2.05) is 19.1 Å². The van der Waals surface area contributed by atoms with Crippen molar-refractivity contribution in [3.8, 4) is 5.75 Å². The quantitative estimate of drug-likeness (QED) is 0.850. The fourth-order valence-corrected chi connectivity index (χ4v) is 2.44. The van der Waals surface area contributed by atoms with Crippen molar-refractivity contribution in [3.05, 3.63) is 40.2 Å². The maximum Gasteiger partial charge on any atom is 0.336 e. The van der Waals surface area contributed by atoms with Crippen molar-refractivity contribution < 1.29 is 19.0 Å². The first-order valence-electron chi connectivity index (χ1n) is 7.04. The van der Waals surface area contributed by atoms with Crippen LogP contribution in [0.5, 0.6) is 5.75 Å². The van der Waals surface area contributed by atoms with Crippen LogP contribution in [0.15, 0.2) is 33.5 Å². The second-order valence-electron chi connectivity index (χ2n) is 5.54. The van der Waals surface area contributed by atoms with Crippen molar-refractivity contribution in [2.24, 2.45) is 5.41 Å². The van der Waals surface area contributed by atoms with Crippen LogP contribution in [0, 0.1) is 5.41 Å². The molecule has 1 N–H and O–H groups in total. The summed E-state index contributed by atoms with van der Waals surface area (Å²) in [6.45, 7) is 3.43. The molecule has 0 atom stereocenters. The number of ether oxygens (including phenoxy) is 2. The molecule has 5 nitrogen and oxygen atoms in total. The largest absolute Gasteiger partial charge is 0.493 e. The summed E-state index contributed by atoms with van der Waals surface area (Å²) in [4.78, 5) is 11.5. The molecular formula is C16H18O5. The number of hydrogen-bond acceptors (Lipinski definition) is 5. The third kappa shape index (κ3) is 2.66. The summed E-state index contributed by atoms with van der Waals surface area (Å²) in [5, 5.41) is 10.3. The highest BCUT2D eigenvalue weighted by molar-refractivity contribution is 5.81. The molecule has 0 radical (unpaired) electrons. The Morgan fingerprint density at radius 2 is 2.14 bits per heavy atom. The fraction of sp³-hybridized carbons (Fsp3) is 0.438. The molecule has 1 aromatic heterocycles. The van der Waals surface area contributed by atoms with Gasteiger partial charge in [0.25, 0.3) is 0 Å². The molecule has 1 aliphatic rings. The SMILES string of the molecule is CCc1cc(=O)oc2cc(OCC3(CO)COC3)ccc12. The van der Waals surface area contributed by atoms with Crippen molar-refractivity contribution in [3.63, 3.8) is 0 Å². The first-order valence-corrected chi connectivity index (χ1v) is 7.04. The minimum absolute atomic E-state index is 0.0373. The highest BCUT2D eigenvalue weighted by Gasteiger charge is 2.39. The van der Waals surface area contributed by atoms with Crippen molar-refractivity contribution >= 4 is 11.0 Å². The van der Waals surface area contributed by atoms with E-state index in [0.29, 0.717) is 31.2 Å². The number of rotatable bonds is 5. The molecule has 1 saturated heterocycles. The molecule has 0 saturated carbocycles. The van der Waals surface area contributed by atoms with Gasteiger partial charge in [-0.3, -0.25) is 0 Å². The van der Waals surface area contributed by atoms with Gasteiger partial charge in [-0.25, -0.2) is 4.79 Å². The molecule has 0 amide bonds. The Bertz CT molecular complexity index is 694. The first kappa shape index (κ1) is 14.1. The Labute approximate surface area is 122 Å². The lowest BCUT2D eigenvalue weighted by atomic mass is 9.88. The van der Waals surface area contributed by atoms with E-state index < -0.39 is 0 Å². The molecule has 21 heavy (non-hydrogen) atoms. The first-order chi connectivity index (χ1) is 10.2. The highest BCUT2D eigenvalue weighted by atomic mass is 16.5. The van der Waals surface area contributed by atoms with E-state index in [9.17, 15) is 9.90 Å². The van der Waals surface area contributed by atoms with E-state index in [-0.39, 0.29) is 17.6 Å². The molecule has 1 fully saturated rings. The lowest BCUT2D eigenvalue weighted by Crippen LogP contribution is -2.49. The highest BCUT2D eigenvalue weighted by Crippen LogP contribution is 2.29. The van der Waals surface area contributed by atoms with Gasteiger partial charge >= 0.3 is 5.63 Å². The van der Waals surface area contributed by atoms with Gasteiger partial charge in [0.15, 0.2) is 0 Å². The van der Waals surface area contributed by atoms with Gasteiger partial charge in [-0.2, -0.15) is 0 Å². The molecule has 1 aromatic carbocycles.